The quantitative estimate of drug-likeness (QED) is 0.0356. The van der Waals surface area contributed by atoms with Crippen molar-refractivity contribution in [3.63, 3.8) is 0 Å². The first-order valence-electron chi connectivity index (χ1n) is 22.0. The van der Waals surface area contributed by atoms with Crippen LogP contribution in [0.1, 0.15) is 168 Å². The Labute approximate surface area is 322 Å². The minimum atomic E-state index is -0.715. The third-order valence-corrected chi connectivity index (χ3v) is 12.4. The smallest absolute Gasteiger partial charge is 0.465 e. The number of hydrogen-bond donors (Lipinski definition) is 0. The van der Waals surface area contributed by atoms with Gasteiger partial charge in [-0.05, 0) is 139 Å². The Hall–Kier alpha value is -2.35. The largest absolute Gasteiger partial charge is 0.508 e. The van der Waals surface area contributed by atoms with Gasteiger partial charge in [-0.1, -0.05) is 76.7 Å². The van der Waals surface area contributed by atoms with Gasteiger partial charge in [-0.15, -0.1) is 0 Å². The number of hydrogen-bond acceptors (Lipinski definition) is 8. The number of likely N-dealkylation sites (tertiary alicyclic amines) is 1. The summed E-state index contributed by atoms with van der Waals surface area (Å²) in [5.74, 6) is 1.81. The summed E-state index contributed by atoms with van der Waals surface area (Å²) in [5.41, 5.74) is 0.453. The van der Waals surface area contributed by atoms with Crippen LogP contribution in [0.5, 0.6) is 0 Å². The number of ether oxygens (including phenoxy) is 4. The van der Waals surface area contributed by atoms with E-state index in [4.69, 9.17) is 18.9 Å². The van der Waals surface area contributed by atoms with E-state index in [0.717, 1.165) is 88.6 Å². The lowest BCUT2D eigenvalue weighted by Crippen LogP contribution is -2.45. The summed E-state index contributed by atoms with van der Waals surface area (Å²) in [5, 5.41) is 0. The van der Waals surface area contributed by atoms with Gasteiger partial charge in [0.15, 0.2) is 0 Å². The number of rotatable bonds is 27. The van der Waals surface area contributed by atoms with Crippen LogP contribution >= 0.6 is 0 Å². The first-order chi connectivity index (χ1) is 25.9. The maximum absolute atomic E-state index is 12.8. The maximum atomic E-state index is 12.8. The van der Waals surface area contributed by atoms with Crippen molar-refractivity contribution in [2.24, 2.45) is 29.1 Å². The summed E-state index contributed by atoms with van der Waals surface area (Å²) >= 11 is 0. The number of esters is 2. The van der Waals surface area contributed by atoms with Gasteiger partial charge in [-0.2, -0.15) is 0 Å². The predicted octanol–water partition coefficient (Wildman–Crippen LogP) is 10.9. The fourth-order valence-electron chi connectivity index (χ4n) is 9.92. The first-order valence-corrected chi connectivity index (χ1v) is 22.0. The molecule has 0 radical (unpaired) electrons. The SMILES string of the molecule is CCCCC/C=C\C/C=C\CCCCCCCCC(=O)OCC(COC(=O)CCCC12CC3CC(CC(C3)C1)C2)COC(=O)OC1CCCN(CC)C1. The molecule has 1 aliphatic heterocycles. The van der Waals surface area contributed by atoms with Crippen molar-refractivity contribution in [1.29, 1.82) is 0 Å². The number of unbranched alkanes of at least 4 members (excludes halogenated alkanes) is 9. The molecule has 1 saturated heterocycles. The Morgan fingerprint density at radius 3 is 1.89 bits per heavy atom. The molecule has 0 aromatic rings. The van der Waals surface area contributed by atoms with E-state index in [1.807, 2.05) is 0 Å². The zero-order valence-corrected chi connectivity index (χ0v) is 33.7. The molecule has 0 spiro atoms. The Balaban J connectivity index is 1.08. The average molecular weight is 742 g/mol. The average Bonchev–Trinajstić information content (AvgIpc) is 3.13. The van der Waals surface area contributed by atoms with Crippen molar-refractivity contribution in [3.8, 4) is 0 Å². The second-order valence-electron chi connectivity index (χ2n) is 17.2. The molecule has 4 aliphatic carbocycles. The normalized spacial score (nSPS) is 25.9. The number of piperidine rings is 1. The molecule has 0 amide bonds. The van der Waals surface area contributed by atoms with E-state index in [9.17, 15) is 14.4 Å². The molecule has 5 fully saturated rings. The topological polar surface area (TPSA) is 91.4 Å². The van der Waals surface area contributed by atoms with Crippen molar-refractivity contribution in [2.45, 2.75) is 174 Å². The van der Waals surface area contributed by atoms with Crippen LogP contribution < -0.4 is 0 Å². The summed E-state index contributed by atoms with van der Waals surface area (Å²) in [7, 11) is 0. The zero-order chi connectivity index (χ0) is 37.6. The molecule has 5 rings (SSSR count). The minimum Gasteiger partial charge on any atom is -0.465 e. The van der Waals surface area contributed by atoms with Crippen molar-refractivity contribution in [1.82, 2.24) is 4.90 Å². The molecule has 2 unspecified atom stereocenters. The highest BCUT2D eigenvalue weighted by Gasteiger charge is 2.50. The van der Waals surface area contributed by atoms with Gasteiger partial charge >= 0.3 is 18.1 Å². The molecule has 2 atom stereocenters. The van der Waals surface area contributed by atoms with Crippen LogP contribution in [0.25, 0.3) is 0 Å². The Morgan fingerprint density at radius 2 is 1.26 bits per heavy atom. The number of allylic oxidation sites excluding steroid dienone is 4. The highest BCUT2D eigenvalue weighted by Crippen LogP contribution is 2.61. The number of likely N-dealkylation sites (N-methyl/N-ethyl adjacent to an activating group) is 1. The van der Waals surface area contributed by atoms with Crippen LogP contribution in [0.3, 0.4) is 0 Å². The maximum Gasteiger partial charge on any atom is 0.508 e. The van der Waals surface area contributed by atoms with Gasteiger partial charge in [0.05, 0.1) is 5.92 Å². The number of carbonyl (C=O) groups is 3. The summed E-state index contributed by atoms with van der Waals surface area (Å²) in [6.07, 6.45) is 34.9. The molecule has 0 N–H and O–H groups in total. The van der Waals surface area contributed by atoms with E-state index >= 15 is 0 Å². The fourth-order valence-corrected chi connectivity index (χ4v) is 9.92. The van der Waals surface area contributed by atoms with E-state index < -0.39 is 12.1 Å². The summed E-state index contributed by atoms with van der Waals surface area (Å²) < 4.78 is 22.4. The van der Waals surface area contributed by atoms with Gasteiger partial charge in [0.1, 0.15) is 25.9 Å². The summed E-state index contributed by atoms with van der Waals surface area (Å²) in [4.78, 5) is 40.3. The second-order valence-corrected chi connectivity index (χ2v) is 17.2. The van der Waals surface area contributed by atoms with Crippen molar-refractivity contribution in [3.05, 3.63) is 24.3 Å². The molecule has 0 aromatic carbocycles. The zero-order valence-electron chi connectivity index (χ0n) is 33.7. The fraction of sp³-hybridized carbons (Fsp3) is 0.844. The van der Waals surface area contributed by atoms with E-state index in [-0.39, 0.29) is 37.9 Å². The van der Waals surface area contributed by atoms with Gasteiger partial charge in [-0.25, -0.2) is 4.79 Å². The van der Waals surface area contributed by atoms with Crippen molar-refractivity contribution in [2.75, 3.05) is 39.5 Å². The monoisotopic (exact) mass is 742 g/mol. The molecule has 4 bridgehead atoms. The Kier molecular flexibility index (Phi) is 20.4. The molecular weight excluding hydrogens is 666 g/mol. The highest BCUT2D eigenvalue weighted by atomic mass is 16.7. The van der Waals surface area contributed by atoms with Crippen LogP contribution in [-0.2, 0) is 28.5 Å². The molecule has 8 heteroatoms. The highest BCUT2D eigenvalue weighted by molar-refractivity contribution is 5.69. The molecule has 1 heterocycles. The van der Waals surface area contributed by atoms with Crippen LogP contribution in [0.15, 0.2) is 24.3 Å². The van der Waals surface area contributed by atoms with Gasteiger partial charge in [0, 0.05) is 19.4 Å². The third-order valence-electron chi connectivity index (χ3n) is 12.4. The summed E-state index contributed by atoms with van der Waals surface area (Å²) in [6.45, 7) is 7.06. The van der Waals surface area contributed by atoms with Crippen molar-refractivity contribution < 1.29 is 33.3 Å². The standard InChI is InChI=1S/C45H75NO7/c1-3-5-6-7-8-9-10-11-12-13-14-15-16-17-18-19-23-42(47)50-34-40(36-52-44(49)53-41-22-21-26-46(4-2)33-41)35-51-43(48)24-20-25-45-30-37-27-38(31-45)29-39(28-37)32-45/h8-9,11-12,37-41H,3-7,10,13-36H2,1-2H3/b9-8-,12-11-. The molecule has 53 heavy (non-hydrogen) atoms. The molecular formula is C45H75NO7. The Bertz CT molecular complexity index is 1080. The predicted molar refractivity (Wildman–Crippen MR) is 211 cm³/mol. The van der Waals surface area contributed by atoms with Gasteiger partial charge in [0.2, 0.25) is 0 Å². The Morgan fingerprint density at radius 1 is 0.698 bits per heavy atom. The molecule has 4 saturated carbocycles. The van der Waals surface area contributed by atoms with Gasteiger partial charge in [0.25, 0.3) is 0 Å². The van der Waals surface area contributed by atoms with Crippen LogP contribution in [0.2, 0.25) is 0 Å². The van der Waals surface area contributed by atoms with Gasteiger partial charge < -0.3 is 18.9 Å². The lowest BCUT2D eigenvalue weighted by atomic mass is 9.48. The van der Waals surface area contributed by atoms with Crippen molar-refractivity contribution >= 4 is 18.1 Å². The van der Waals surface area contributed by atoms with Crippen LogP contribution in [0, 0.1) is 29.1 Å². The molecule has 5 aliphatic rings. The first kappa shape index (κ1) is 43.4. The van der Waals surface area contributed by atoms with E-state index in [1.54, 1.807) is 0 Å². The third kappa shape index (κ3) is 17.3. The van der Waals surface area contributed by atoms with E-state index in [2.05, 4.69) is 43.1 Å². The second kappa shape index (κ2) is 24.9. The van der Waals surface area contributed by atoms with Gasteiger partial charge in [-0.3, -0.25) is 14.5 Å². The minimum absolute atomic E-state index is 0.0260. The van der Waals surface area contributed by atoms with E-state index in [0.29, 0.717) is 24.8 Å². The molecule has 302 valence electrons. The van der Waals surface area contributed by atoms with E-state index in [1.165, 1.54) is 83.5 Å². The lowest BCUT2D eigenvalue weighted by molar-refractivity contribution is -0.150. The van der Waals surface area contributed by atoms with Crippen LogP contribution in [0.4, 0.5) is 4.79 Å². The van der Waals surface area contributed by atoms with Crippen LogP contribution in [-0.4, -0.2) is 68.6 Å². The molecule has 0 aromatic heterocycles. The number of carbonyl (C=O) groups excluding carboxylic acids is 3. The number of nitrogens with zero attached hydrogens (tertiary/aromatic N) is 1. The summed E-state index contributed by atoms with van der Waals surface area (Å²) in [6, 6.07) is 0. The molecule has 8 nitrogen and oxygen atoms in total. The lowest BCUT2D eigenvalue weighted by Gasteiger charge is -2.57.